The number of morpholine rings is 1. The Morgan fingerprint density at radius 3 is 2.53 bits per heavy atom. The fraction of sp³-hybridized carbons (Fsp3) is 0.481. The average molecular weight is 463 g/mol. The summed E-state index contributed by atoms with van der Waals surface area (Å²) in [5.41, 5.74) is 1.87. The zero-order valence-corrected chi connectivity index (χ0v) is 19.7. The predicted octanol–water partition coefficient (Wildman–Crippen LogP) is 3.77. The van der Waals surface area contributed by atoms with E-state index in [1.54, 1.807) is 0 Å². The van der Waals surface area contributed by atoms with Crippen LogP contribution in [0.25, 0.3) is 11.0 Å². The fourth-order valence-electron chi connectivity index (χ4n) is 5.39. The molecular weight excluding hydrogens is 428 g/mol. The molecule has 0 unspecified atom stereocenters. The summed E-state index contributed by atoms with van der Waals surface area (Å²) in [5.74, 6) is 1.55. The highest BCUT2D eigenvalue weighted by Crippen LogP contribution is 2.34. The second kappa shape index (κ2) is 10.6. The van der Waals surface area contributed by atoms with Crippen molar-refractivity contribution in [3.8, 4) is 5.75 Å². The third kappa shape index (κ3) is 5.10. The van der Waals surface area contributed by atoms with Crippen LogP contribution in [0.3, 0.4) is 0 Å². The van der Waals surface area contributed by atoms with Crippen molar-refractivity contribution in [2.75, 3.05) is 32.8 Å². The molecule has 2 fully saturated rings. The molecule has 1 aliphatic carbocycles. The number of fused-ring (bicyclic) bond motifs is 1. The molecule has 3 aromatic rings. The van der Waals surface area contributed by atoms with E-state index in [1.165, 1.54) is 19.3 Å². The van der Waals surface area contributed by atoms with Crippen LogP contribution in [-0.4, -0.2) is 58.7 Å². The Kier molecular flexibility index (Phi) is 7.11. The van der Waals surface area contributed by atoms with Crippen LogP contribution in [0.4, 0.5) is 0 Å². The first-order valence-corrected chi connectivity index (χ1v) is 12.5. The zero-order valence-electron chi connectivity index (χ0n) is 19.7. The number of imidazole rings is 1. The van der Waals surface area contributed by atoms with Crippen LogP contribution in [0.5, 0.6) is 5.75 Å². The molecule has 1 aromatic heterocycles. The van der Waals surface area contributed by atoms with Gasteiger partial charge in [-0.1, -0.05) is 49.6 Å². The monoisotopic (exact) mass is 462 g/mol. The number of hydrogen-bond acceptors (Lipinski definition) is 5. The molecule has 5 rings (SSSR count). The number of nitrogens with zero attached hydrogens (tertiary/aromatic N) is 3. The Balaban J connectivity index is 1.29. The molecule has 0 radical (unpaired) electrons. The molecule has 1 saturated heterocycles. The van der Waals surface area contributed by atoms with Crippen molar-refractivity contribution >= 4 is 16.9 Å². The Labute approximate surface area is 201 Å². The van der Waals surface area contributed by atoms with Gasteiger partial charge in [-0.25, -0.2) is 4.98 Å². The summed E-state index contributed by atoms with van der Waals surface area (Å²) in [5, 5.41) is 3.28. The van der Waals surface area contributed by atoms with Crippen molar-refractivity contribution in [3.05, 3.63) is 60.4 Å². The van der Waals surface area contributed by atoms with Gasteiger partial charge < -0.3 is 19.4 Å². The number of rotatable bonds is 8. The molecule has 7 heteroatoms. The lowest BCUT2D eigenvalue weighted by atomic mass is 9.79. The van der Waals surface area contributed by atoms with Crippen LogP contribution in [0.2, 0.25) is 0 Å². The minimum Gasteiger partial charge on any atom is -0.486 e. The van der Waals surface area contributed by atoms with Crippen molar-refractivity contribution < 1.29 is 14.3 Å². The predicted molar refractivity (Wildman–Crippen MR) is 132 cm³/mol. The first-order valence-electron chi connectivity index (χ1n) is 12.5. The molecule has 2 aliphatic rings. The largest absolute Gasteiger partial charge is 0.486 e. The Hall–Kier alpha value is -2.90. The first kappa shape index (κ1) is 22.9. The normalized spacial score (nSPS) is 18.6. The maximum absolute atomic E-state index is 13.2. The molecule has 1 amide bonds. The summed E-state index contributed by atoms with van der Waals surface area (Å²) in [6.45, 7) is 4.68. The molecule has 34 heavy (non-hydrogen) atoms. The van der Waals surface area contributed by atoms with Gasteiger partial charge in [-0.3, -0.25) is 9.69 Å². The lowest BCUT2D eigenvalue weighted by molar-refractivity contribution is -0.123. The molecule has 2 aromatic carbocycles. The van der Waals surface area contributed by atoms with E-state index in [0.717, 1.165) is 61.8 Å². The van der Waals surface area contributed by atoms with Crippen LogP contribution in [-0.2, 0) is 22.7 Å². The number of carbonyl (C=O) groups excluding carboxylic acids is 1. The van der Waals surface area contributed by atoms with Crippen molar-refractivity contribution in [2.45, 2.75) is 50.8 Å². The fourth-order valence-corrected chi connectivity index (χ4v) is 5.39. The van der Waals surface area contributed by atoms with Gasteiger partial charge in [0.1, 0.15) is 24.7 Å². The van der Waals surface area contributed by atoms with Crippen LogP contribution in [0.15, 0.2) is 54.6 Å². The number of para-hydroxylation sites is 3. The molecule has 1 N–H and O–H groups in total. The van der Waals surface area contributed by atoms with Crippen molar-refractivity contribution in [1.29, 1.82) is 0 Å². The van der Waals surface area contributed by atoms with Gasteiger partial charge in [-0.05, 0) is 37.1 Å². The van der Waals surface area contributed by atoms with Crippen molar-refractivity contribution in [3.63, 3.8) is 0 Å². The molecule has 0 bridgehead atoms. The summed E-state index contributed by atoms with van der Waals surface area (Å²) >= 11 is 0. The molecule has 0 atom stereocenters. The van der Waals surface area contributed by atoms with Crippen LogP contribution in [0.1, 0.15) is 37.9 Å². The standard InChI is InChI=1S/C27H34N4O3/c32-26(28-21-27(13-7-2-8-14-27)30-15-17-33-18-16-30)19-31-24-12-6-5-11-23(24)29-25(31)20-34-22-9-3-1-4-10-22/h1,3-6,9-12H,2,7-8,13-21H2,(H,28,32). The van der Waals surface area contributed by atoms with Gasteiger partial charge in [0, 0.05) is 25.2 Å². The molecule has 0 spiro atoms. The van der Waals surface area contributed by atoms with E-state index in [-0.39, 0.29) is 18.0 Å². The lowest BCUT2D eigenvalue weighted by Gasteiger charge is -2.48. The van der Waals surface area contributed by atoms with Gasteiger partial charge in [-0.2, -0.15) is 0 Å². The van der Waals surface area contributed by atoms with Gasteiger partial charge in [0.05, 0.1) is 24.2 Å². The molecular formula is C27H34N4O3. The summed E-state index contributed by atoms with van der Waals surface area (Å²) in [6.07, 6.45) is 6.00. The number of aromatic nitrogens is 2. The second-order valence-electron chi connectivity index (χ2n) is 9.37. The van der Waals surface area contributed by atoms with Gasteiger partial charge in [-0.15, -0.1) is 0 Å². The van der Waals surface area contributed by atoms with Crippen molar-refractivity contribution in [2.24, 2.45) is 0 Å². The Morgan fingerprint density at radius 1 is 1.00 bits per heavy atom. The number of ether oxygens (including phenoxy) is 2. The SMILES string of the molecule is O=C(Cn1c(COc2ccccc2)nc2ccccc21)NCC1(N2CCOCC2)CCCCC1. The van der Waals surface area contributed by atoms with E-state index >= 15 is 0 Å². The highest BCUT2D eigenvalue weighted by molar-refractivity contribution is 5.81. The minimum atomic E-state index is 0.0160. The van der Waals surface area contributed by atoms with E-state index < -0.39 is 0 Å². The van der Waals surface area contributed by atoms with Gasteiger partial charge in [0.15, 0.2) is 0 Å². The van der Waals surface area contributed by atoms with E-state index in [4.69, 9.17) is 14.5 Å². The van der Waals surface area contributed by atoms with Crippen LogP contribution in [0, 0.1) is 0 Å². The maximum atomic E-state index is 13.2. The van der Waals surface area contributed by atoms with E-state index in [1.807, 2.05) is 59.2 Å². The number of amides is 1. The van der Waals surface area contributed by atoms with Crippen molar-refractivity contribution in [1.82, 2.24) is 19.8 Å². The first-order chi connectivity index (χ1) is 16.7. The molecule has 1 saturated carbocycles. The van der Waals surface area contributed by atoms with E-state index in [9.17, 15) is 4.79 Å². The lowest BCUT2D eigenvalue weighted by Crippen LogP contribution is -2.59. The third-order valence-electron chi connectivity index (χ3n) is 7.23. The quantitative estimate of drug-likeness (QED) is 0.552. The number of nitrogens with one attached hydrogen (secondary N) is 1. The Bertz CT molecular complexity index is 1090. The third-order valence-corrected chi connectivity index (χ3v) is 7.23. The number of carbonyl (C=O) groups is 1. The van der Waals surface area contributed by atoms with E-state index in [0.29, 0.717) is 13.2 Å². The second-order valence-corrected chi connectivity index (χ2v) is 9.37. The number of benzene rings is 2. The summed E-state index contributed by atoms with van der Waals surface area (Å²) in [6, 6.07) is 17.6. The highest BCUT2D eigenvalue weighted by Gasteiger charge is 2.38. The molecule has 2 heterocycles. The van der Waals surface area contributed by atoms with Gasteiger partial charge in [0.25, 0.3) is 0 Å². The zero-order chi connectivity index (χ0) is 23.2. The Morgan fingerprint density at radius 2 is 1.74 bits per heavy atom. The molecule has 180 valence electrons. The van der Waals surface area contributed by atoms with Gasteiger partial charge in [0.2, 0.25) is 5.91 Å². The smallest absolute Gasteiger partial charge is 0.240 e. The summed E-state index contributed by atoms with van der Waals surface area (Å²) < 4.78 is 13.5. The summed E-state index contributed by atoms with van der Waals surface area (Å²) in [4.78, 5) is 20.5. The highest BCUT2D eigenvalue weighted by atomic mass is 16.5. The maximum Gasteiger partial charge on any atom is 0.240 e. The van der Waals surface area contributed by atoms with Gasteiger partial charge >= 0.3 is 0 Å². The summed E-state index contributed by atoms with van der Waals surface area (Å²) in [7, 11) is 0. The minimum absolute atomic E-state index is 0.0160. The van der Waals surface area contributed by atoms with Crippen LogP contribution < -0.4 is 10.1 Å². The average Bonchev–Trinajstić information content (AvgIpc) is 3.25. The van der Waals surface area contributed by atoms with Crippen LogP contribution >= 0.6 is 0 Å². The van der Waals surface area contributed by atoms with E-state index in [2.05, 4.69) is 10.2 Å². The molecule has 1 aliphatic heterocycles. The topological polar surface area (TPSA) is 68.6 Å². The number of hydrogen-bond donors (Lipinski definition) is 1. The molecule has 7 nitrogen and oxygen atoms in total.